The number of aromatic nitrogens is 5. The number of hydrogen-bond donors (Lipinski definition) is 0. The van der Waals surface area contributed by atoms with Crippen molar-refractivity contribution in [3.05, 3.63) is 46.8 Å². The fourth-order valence-corrected chi connectivity index (χ4v) is 6.29. The van der Waals surface area contributed by atoms with Crippen LogP contribution in [0, 0.1) is 0 Å². The van der Waals surface area contributed by atoms with E-state index in [1.807, 2.05) is 4.90 Å². The largest absolute Gasteiger partial charge is 0.352 e. The van der Waals surface area contributed by atoms with E-state index in [0.29, 0.717) is 24.9 Å². The number of carbonyl (C=O) groups is 1. The van der Waals surface area contributed by atoms with E-state index in [9.17, 15) is 4.79 Å². The number of nitrogens with zero attached hydrogens (tertiary/aromatic N) is 7. The normalized spacial score (nSPS) is 17.5. The number of piperazine rings is 1. The Balaban J connectivity index is 1.22. The van der Waals surface area contributed by atoms with Crippen molar-refractivity contribution >= 4 is 34.8 Å². The molecule has 1 aliphatic heterocycles. The van der Waals surface area contributed by atoms with E-state index in [-0.39, 0.29) is 5.91 Å². The Bertz CT molecular complexity index is 1030. The average Bonchev–Trinajstić information content (AvgIpc) is 3.54. The molecule has 174 valence electrons. The summed E-state index contributed by atoms with van der Waals surface area (Å²) in [5, 5.41) is 12.1. The van der Waals surface area contributed by atoms with Crippen molar-refractivity contribution in [3.8, 4) is 0 Å². The van der Waals surface area contributed by atoms with E-state index in [0.717, 1.165) is 36.3 Å². The third-order valence-corrected chi connectivity index (χ3v) is 8.22. The van der Waals surface area contributed by atoms with E-state index in [1.54, 1.807) is 29.9 Å². The average molecular weight is 484 g/mol. The van der Waals surface area contributed by atoms with Gasteiger partial charge in [-0.1, -0.05) is 37.1 Å². The first kappa shape index (κ1) is 22.3. The second-order valence-corrected chi connectivity index (χ2v) is 10.5. The Labute approximate surface area is 202 Å². The summed E-state index contributed by atoms with van der Waals surface area (Å²) in [4.78, 5) is 26.9. The van der Waals surface area contributed by atoms with Crippen LogP contribution < -0.4 is 4.90 Å². The molecule has 0 unspecified atom stereocenters. The molecule has 2 fully saturated rings. The molecule has 1 aliphatic carbocycles. The van der Waals surface area contributed by atoms with Gasteiger partial charge in [0, 0.05) is 55.9 Å². The predicted molar refractivity (Wildman–Crippen MR) is 131 cm³/mol. The van der Waals surface area contributed by atoms with E-state index >= 15 is 0 Å². The van der Waals surface area contributed by atoms with Crippen molar-refractivity contribution in [2.75, 3.05) is 36.8 Å². The molecular weight excluding hydrogens is 454 g/mol. The molecule has 1 amide bonds. The fraction of sp³-hybridized carbons (Fsp3) is 0.522. The van der Waals surface area contributed by atoms with Crippen LogP contribution in [0.4, 0.5) is 5.82 Å². The molecule has 0 atom stereocenters. The van der Waals surface area contributed by atoms with E-state index in [1.165, 1.54) is 48.7 Å². The SMILES string of the molecule is O=C(CSc1nnc(Cc2cccs2)n1C1CCCCC1)N1CCN(c2cnccn2)CC1. The van der Waals surface area contributed by atoms with Gasteiger partial charge in [0.05, 0.1) is 11.9 Å². The minimum atomic E-state index is 0.164. The molecular formula is C23H29N7OS2. The highest BCUT2D eigenvalue weighted by atomic mass is 32.2. The van der Waals surface area contributed by atoms with Gasteiger partial charge >= 0.3 is 0 Å². The Hall–Kier alpha value is -2.46. The third kappa shape index (κ3) is 5.38. The van der Waals surface area contributed by atoms with Crippen LogP contribution in [0.15, 0.2) is 41.3 Å². The zero-order valence-corrected chi connectivity index (χ0v) is 20.3. The van der Waals surface area contributed by atoms with Crippen LogP contribution in [0.25, 0.3) is 0 Å². The molecule has 3 aromatic rings. The number of hydrogen-bond acceptors (Lipinski definition) is 8. The van der Waals surface area contributed by atoms with Crippen LogP contribution in [-0.4, -0.2) is 67.5 Å². The Morgan fingerprint density at radius 2 is 1.94 bits per heavy atom. The zero-order chi connectivity index (χ0) is 22.5. The molecule has 5 rings (SSSR count). The molecule has 1 saturated heterocycles. The van der Waals surface area contributed by atoms with Gasteiger partial charge in [0.2, 0.25) is 5.91 Å². The molecule has 0 bridgehead atoms. The third-order valence-electron chi connectivity index (χ3n) is 6.42. The van der Waals surface area contributed by atoms with Crippen LogP contribution in [0.1, 0.15) is 48.8 Å². The minimum absolute atomic E-state index is 0.164. The van der Waals surface area contributed by atoms with Gasteiger partial charge in [-0.3, -0.25) is 9.78 Å². The van der Waals surface area contributed by atoms with Crippen molar-refractivity contribution in [2.24, 2.45) is 0 Å². The standard InChI is InChI=1S/C23H29N7OS2/c31-22(29-12-10-28(11-13-29)21-16-24-8-9-25-21)17-33-23-27-26-20(15-19-7-4-14-32-19)30(23)18-5-2-1-3-6-18/h4,7-9,14,16,18H,1-3,5-6,10-13,15,17H2. The highest BCUT2D eigenvalue weighted by molar-refractivity contribution is 7.99. The second kappa shape index (κ2) is 10.6. The van der Waals surface area contributed by atoms with Gasteiger partial charge in [0.25, 0.3) is 0 Å². The number of anilines is 1. The van der Waals surface area contributed by atoms with Crippen molar-refractivity contribution in [1.29, 1.82) is 0 Å². The smallest absolute Gasteiger partial charge is 0.233 e. The molecule has 2 aliphatic rings. The van der Waals surface area contributed by atoms with Gasteiger partial charge in [-0.15, -0.1) is 21.5 Å². The predicted octanol–water partition coefficient (Wildman–Crippen LogP) is 3.67. The molecule has 4 heterocycles. The maximum absolute atomic E-state index is 13.0. The minimum Gasteiger partial charge on any atom is -0.352 e. The summed E-state index contributed by atoms with van der Waals surface area (Å²) in [7, 11) is 0. The number of thioether (sulfide) groups is 1. The van der Waals surface area contributed by atoms with Gasteiger partial charge in [-0.05, 0) is 24.3 Å². The van der Waals surface area contributed by atoms with Gasteiger partial charge in [-0.25, -0.2) is 4.98 Å². The summed E-state index contributed by atoms with van der Waals surface area (Å²) in [6.07, 6.45) is 12.1. The second-order valence-electron chi connectivity index (χ2n) is 8.54. The van der Waals surface area contributed by atoms with Crippen molar-refractivity contribution < 1.29 is 4.79 Å². The molecule has 0 radical (unpaired) electrons. The molecule has 33 heavy (non-hydrogen) atoms. The fourth-order valence-electron chi connectivity index (χ4n) is 4.66. The molecule has 1 saturated carbocycles. The summed E-state index contributed by atoms with van der Waals surface area (Å²) in [5.74, 6) is 2.46. The molecule has 3 aromatic heterocycles. The molecule has 0 N–H and O–H groups in total. The van der Waals surface area contributed by atoms with Gasteiger partial charge in [0.1, 0.15) is 11.6 Å². The van der Waals surface area contributed by atoms with Crippen LogP contribution >= 0.6 is 23.1 Å². The van der Waals surface area contributed by atoms with Crippen LogP contribution in [0.2, 0.25) is 0 Å². The lowest BCUT2D eigenvalue weighted by atomic mass is 9.95. The first-order chi connectivity index (χ1) is 16.3. The van der Waals surface area contributed by atoms with Gasteiger partial charge in [-0.2, -0.15) is 0 Å². The Kier molecular flexibility index (Phi) is 7.21. The summed E-state index contributed by atoms with van der Waals surface area (Å²) in [6.45, 7) is 2.96. The number of rotatable bonds is 7. The van der Waals surface area contributed by atoms with Gasteiger partial charge < -0.3 is 14.4 Å². The number of carbonyl (C=O) groups excluding carboxylic acids is 1. The molecule has 0 aromatic carbocycles. The number of thiophene rings is 1. The van der Waals surface area contributed by atoms with E-state index in [2.05, 4.69) is 47.1 Å². The maximum Gasteiger partial charge on any atom is 0.233 e. The molecule has 8 nitrogen and oxygen atoms in total. The Morgan fingerprint density at radius 1 is 1.09 bits per heavy atom. The maximum atomic E-state index is 13.0. The van der Waals surface area contributed by atoms with Crippen molar-refractivity contribution in [3.63, 3.8) is 0 Å². The van der Waals surface area contributed by atoms with Crippen LogP contribution in [0.5, 0.6) is 0 Å². The topological polar surface area (TPSA) is 80.0 Å². The summed E-state index contributed by atoms with van der Waals surface area (Å²) >= 11 is 3.30. The molecule has 0 spiro atoms. The summed E-state index contributed by atoms with van der Waals surface area (Å²) < 4.78 is 2.34. The van der Waals surface area contributed by atoms with Crippen molar-refractivity contribution in [1.82, 2.24) is 29.6 Å². The molecule has 10 heteroatoms. The van der Waals surface area contributed by atoms with Crippen molar-refractivity contribution in [2.45, 2.75) is 49.7 Å². The lowest BCUT2D eigenvalue weighted by molar-refractivity contribution is -0.128. The van der Waals surface area contributed by atoms with Crippen LogP contribution in [-0.2, 0) is 11.2 Å². The highest BCUT2D eigenvalue weighted by Crippen LogP contribution is 2.33. The first-order valence-corrected chi connectivity index (χ1v) is 13.5. The highest BCUT2D eigenvalue weighted by Gasteiger charge is 2.26. The van der Waals surface area contributed by atoms with E-state index < -0.39 is 0 Å². The first-order valence-electron chi connectivity index (χ1n) is 11.7. The number of amides is 1. The monoisotopic (exact) mass is 483 g/mol. The lowest BCUT2D eigenvalue weighted by Gasteiger charge is -2.35. The summed E-state index contributed by atoms with van der Waals surface area (Å²) in [5.41, 5.74) is 0. The Morgan fingerprint density at radius 3 is 2.67 bits per heavy atom. The van der Waals surface area contributed by atoms with Crippen LogP contribution in [0.3, 0.4) is 0 Å². The van der Waals surface area contributed by atoms with Gasteiger partial charge in [0.15, 0.2) is 5.16 Å². The summed E-state index contributed by atoms with van der Waals surface area (Å²) in [6, 6.07) is 4.68. The zero-order valence-electron chi connectivity index (χ0n) is 18.7. The quantitative estimate of drug-likeness (QED) is 0.474. The van der Waals surface area contributed by atoms with E-state index in [4.69, 9.17) is 0 Å². The lowest BCUT2D eigenvalue weighted by Crippen LogP contribution is -2.49.